The van der Waals surface area contributed by atoms with E-state index in [0.717, 1.165) is 18.1 Å². The number of hydrogen-bond donors (Lipinski definition) is 0. The van der Waals surface area contributed by atoms with E-state index in [1.54, 1.807) is 12.4 Å². The Morgan fingerprint density at radius 1 is 1.05 bits per heavy atom. The van der Waals surface area contributed by atoms with Crippen molar-refractivity contribution in [1.29, 1.82) is 0 Å². The predicted molar refractivity (Wildman–Crippen MR) is 68.0 cm³/mol. The van der Waals surface area contributed by atoms with E-state index in [1.807, 2.05) is 30.3 Å². The van der Waals surface area contributed by atoms with E-state index in [9.17, 15) is 8.78 Å². The zero-order chi connectivity index (χ0) is 13.5. The van der Waals surface area contributed by atoms with Gasteiger partial charge in [-0.05, 0) is 5.56 Å². The topological polar surface area (TPSA) is 30.2 Å². The molecule has 0 aliphatic rings. The third-order valence-electron chi connectivity index (χ3n) is 2.87. The normalized spacial score (nSPS) is 11.9. The number of alkyl halides is 2. The Kier molecular flexibility index (Phi) is 2.55. The minimum Gasteiger partial charge on any atom is -0.290 e. The van der Waals surface area contributed by atoms with Crippen molar-refractivity contribution < 1.29 is 8.78 Å². The van der Waals surface area contributed by atoms with Crippen molar-refractivity contribution in [3.05, 3.63) is 54.6 Å². The summed E-state index contributed by atoms with van der Waals surface area (Å²) in [7, 11) is 0. The van der Waals surface area contributed by atoms with Gasteiger partial charge in [0.05, 0.1) is 0 Å². The van der Waals surface area contributed by atoms with Crippen molar-refractivity contribution in [3.63, 3.8) is 0 Å². The summed E-state index contributed by atoms with van der Waals surface area (Å²) in [4.78, 5) is 7.93. The molecular formula is C14H11F2N3. The van der Waals surface area contributed by atoms with Gasteiger partial charge in [-0.3, -0.25) is 4.40 Å². The average molecular weight is 259 g/mol. The van der Waals surface area contributed by atoms with Crippen molar-refractivity contribution >= 4 is 5.78 Å². The molecule has 2 aromatic heterocycles. The Labute approximate surface area is 108 Å². The second-order valence-corrected chi connectivity index (χ2v) is 4.43. The lowest BCUT2D eigenvalue weighted by molar-refractivity contribution is 0.0133. The fraction of sp³-hybridized carbons (Fsp3) is 0.143. The minimum absolute atomic E-state index is 0.273. The van der Waals surface area contributed by atoms with Gasteiger partial charge in [-0.1, -0.05) is 30.3 Å². The highest BCUT2D eigenvalue weighted by Gasteiger charge is 2.28. The summed E-state index contributed by atoms with van der Waals surface area (Å²) in [5.41, 5.74) is 1.57. The van der Waals surface area contributed by atoms with Gasteiger partial charge in [-0.2, -0.15) is 8.78 Å². The number of aromatic nitrogens is 3. The van der Waals surface area contributed by atoms with E-state index in [-0.39, 0.29) is 11.5 Å². The van der Waals surface area contributed by atoms with Gasteiger partial charge in [0.2, 0.25) is 5.78 Å². The van der Waals surface area contributed by atoms with Crippen LogP contribution < -0.4 is 0 Å². The van der Waals surface area contributed by atoms with E-state index in [4.69, 9.17) is 0 Å². The van der Waals surface area contributed by atoms with Crippen LogP contribution in [0.25, 0.3) is 16.9 Å². The molecule has 3 rings (SSSR count). The fourth-order valence-electron chi connectivity index (χ4n) is 1.88. The van der Waals surface area contributed by atoms with Crippen LogP contribution in [-0.2, 0) is 5.92 Å². The van der Waals surface area contributed by atoms with Crippen molar-refractivity contribution in [3.8, 4) is 11.1 Å². The second kappa shape index (κ2) is 4.12. The van der Waals surface area contributed by atoms with Crippen molar-refractivity contribution in [2.75, 3.05) is 0 Å². The first kappa shape index (κ1) is 11.8. The molecule has 0 fully saturated rings. The summed E-state index contributed by atoms with van der Waals surface area (Å²) < 4.78 is 27.9. The van der Waals surface area contributed by atoms with Gasteiger partial charge in [0.25, 0.3) is 5.92 Å². The summed E-state index contributed by atoms with van der Waals surface area (Å²) in [5.74, 6) is -2.68. The van der Waals surface area contributed by atoms with E-state index in [1.165, 1.54) is 10.6 Å². The molecule has 0 spiro atoms. The van der Waals surface area contributed by atoms with Gasteiger partial charge in [0.1, 0.15) is 5.69 Å². The number of hydrogen-bond acceptors (Lipinski definition) is 2. The number of imidazole rings is 1. The Hall–Kier alpha value is -2.30. The molecule has 2 heterocycles. The molecule has 0 atom stereocenters. The molecular weight excluding hydrogens is 248 g/mol. The number of fused-ring (bicyclic) bond motifs is 1. The summed E-state index contributed by atoms with van der Waals surface area (Å²) in [6.45, 7) is 0.826. The SMILES string of the molecule is CC(F)(F)c1cn2cc(-c3ccccc3)cnc2n1. The van der Waals surface area contributed by atoms with Gasteiger partial charge >= 0.3 is 0 Å². The Morgan fingerprint density at radius 3 is 2.47 bits per heavy atom. The van der Waals surface area contributed by atoms with Crippen molar-refractivity contribution in [2.45, 2.75) is 12.8 Å². The van der Waals surface area contributed by atoms with Crippen LogP contribution in [0.15, 0.2) is 48.9 Å². The molecule has 0 saturated heterocycles. The lowest BCUT2D eigenvalue weighted by Gasteiger charge is -2.03. The largest absolute Gasteiger partial charge is 0.290 e. The van der Waals surface area contributed by atoms with E-state index < -0.39 is 5.92 Å². The summed E-state index contributed by atoms with van der Waals surface area (Å²) in [5, 5.41) is 0. The molecule has 3 nitrogen and oxygen atoms in total. The number of nitrogens with zero attached hydrogens (tertiary/aromatic N) is 3. The minimum atomic E-state index is -2.96. The first-order chi connectivity index (χ1) is 9.04. The van der Waals surface area contributed by atoms with E-state index in [2.05, 4.69) is 9.97 Å². The third kappa shape index (κ3) is 2.19. The molecule has 0 unspecified atom stereocenters. The molecule has 0 saturated carbocycles. The molecule has 1 aromatic carbocycles. The van der Waals surface area contributed by atoms with Gasteiger partial charge < -0.3 is 0 Å². The van der Waals surface area contributed by atoms with E-state index >= 15 is 0 Å². The first-order valence-corrected chi connectivity index (χ1v) is 5.82. The number of benzene rings is 1. The van der Waals surface area contributed by atoms with Crippen LogP contribution in [0.1, 0.15) is 12.6 Å². The van der Waals surface area contributed by atoms with Crippen LogP contribution in [0.3, 0.4) is 0 Å². The zero-order valence-electron chi connectivity index (χ0n) is 10.2. The molecule has 3 aromatic rings. The molecule has 0 aliphatic heterocycles. The number of rotatable bonds is 2. The molecule has 19 heavy (non-hydrogen) atoms. The summed E-state index contributed by atoms with van der Waals surface area (Å²) >= 11 is 0. The van der Waals surface area contributed by atoms with Gasteiger partial charge in [0, 0.05) is 31.1 Å². The Bertz CT molecular complexity index is 714. The maximum atomic E-state index is 13.2. The number of halogens is 2. The summed E-state index contributed by atoms with van der Waals surface area (Å²) in [6, 6.07) is 9.63. The monoisotopic (exact) mass is 259 g/mol. The van der Waals surface area contributed by atoms with Crippen LogP contribution in [0.5, 0.6) is 0 Å². The highest BCUT2D eigenvalue weighted by molar-refractivity contribution is 5.62. The van der Waals surface area contributed by atoms with Crippen molar-refractivity contribution in [1.82, 2.24) is 14.4 Å². The first-order valence-electron chi connectivity index (χ1n) is 5.82. The maximum absolute atomic E-state index is 13.2. The Morgan fingerprint density at radius 2 is 1.79 bits per heavy atom. The van der Waals surface area contributed by atoms with Crippen LogP contribution in [0, 0.1) is 0 Å². The average Bonchev–Trinajstić information content (AvgIpc) is 2.82. The highest BCUT2D eigenvalue weighted by Crippen LogP contribution is 2.26. The molecule has 0 amide bonds. The quantitative estimate of drug-likeness (QED) is 0.705. The van der Waals surface area contributed by atoms with Crippen LogP contribution in [0.2, 0.25) is 0 Å². The molecule has 96 valence electrons. The smallest absolute Gasteiger partial charge is 0.288 e. The van der Waals surface area contributed by atoms with Crippen LogP contribution in [-0.4, -0.2) is 14.4 Å². The van der Waals surface area contributed by atoms with E-state index in [0.29, 0.717) is 0 Å². The second-order valence-electron chi connectivity index (χ2n) is 4.43. The Balaban J connectivity index is 2.11. The van der Waals surface area contributed by atoms with Gasteiger partial charge in [0.15, 0.2) is 0 Å². The lowest BCUT2D eigenvalue weighted by Crippen LogP contribution is -2.06. The van der Waals surface area contributed by atoms with Crippen molar-refractivity contribution in [2.24, 2.45) is 0 Å². The molecule has 0 bridgehead atoms. The maximum Gasteiger partial charge on any atom is 0.288 e. The molecule has 5 heteroatoms. The third-order valence-corrected chi connectivity index (χ3v) is 2.87. The zero-order valence-corrected chi connectivity index (χ0v) is 10.2. The van der Waals surface area contributed by atoms with Gasteiger partial charge in [-0.15, -0.1) is 0 Å². The predicted octanol–water partition coefficient (Wildman–Crippen LogP) is 3.51. The highest BCUT2D eigenvalue weighted by atomic mass is 19.3. The van der Waals surface area contributed by atoms with Crippen LogP contribution in [0.4, 0.5) is 8.78 Å². The summed E-state index contributed by atoms with van der Waals surface area (Å²) in [6.07, 6.45) is 4.70. The standard InChI is InChI=1S/C14H11F2N3/c1-14(15,16)12-9-19-8-11(7-17-13(19)18-12)10-5-3-2-4-6-10/h2-9H,1H3. The van der Waals surface area contributed by atoms with Crippen LogP contribution >= 0.6 is 0 Å². The molecule has 0 aliphatic carbocycles. The molecule has 0 radical (unpaired) electrons. The fourth-order valence-corrected chi connectivity index (χ4v) is 1.88. The molecule has 0 N–H and O–H groups in total. The lowest BCUT2D eigenvalue weighted by atomic mass is 10.1. The van der Waals surface area contributed by atoms with Gasteiger partial charge in [-0.25, -0.2) is 9.97 Å².